The lowest BCUT2D eigenvalue weighted by Gasteiger charge is -2.25. The number of rotatable bonds is 3. The first-order valence-corrected chi connectivity index (χ1v) is 3.23. The lowest BCUT2D eigenvalue weighted by atomic mass is 10.3. The van der Waals surface area contributed by atoms with E-state index in [1.165, 1.54) is 0 Å². The van der Waals surface area contributed by atoms with Crippen LogP contribution in [0.25, 0.3) is 0 Å². The molecule has 3 N–H and O–H groups in total. The number of nitrogens with zero attached hydrogens (tertiary/aromatic N) is 1. The SMILES string of the molecule is CC(C)N(N)C(C)CO. The van der Waals surface area contributed by atoms with Crippen molar-refractivity contribution in [1.29, 1.82) is 0 Å². The number of nitrogens with two attached hydrogens (primary N) is 1. The van der Waals surface area contributed by atoms with E-state index in [9.17, 15) is 0 Å². The van der Waals surface area contributed by atoms with Crippen LogP contribution >= 0.6 is 0 Å². The summed E-state index contributed by atoms with van der Waals surface area (Å²) in [6, 6.07) is 0.358. The number of aliphatic hydroxyl groups excluding tert-OH is 1. The first-order chi connectivity index (χ1) is 4.09. The molecule has 0 aromatic heterocycles. The summed E-state index contributed by atoms with van der Waals surface area (Å²) in [6.07, 6.45) is 0. The zero-order valence-electron chi connectivity index (χ0n) is 6.33. The second kappa shape index (κ2) is 3.82. The minimum Gasteiger partial charge on any atom is -0.395 e. The maximum Gasteiger partial charge on any atom is 0.0598 e. The molecule has 0 aromatic rings. The van der Waals surface area contributed by atoms with Gasteiger partial charge in [-0.2, -0.15) is 0 Å². The average molecular weight is 132 g/mol. The molecule has 0 spiro atoms. The third-order valence-corrected chi connectivity index (χ3v) is 1.37. The fourth-order valence-electron chi connectivity index (χ4n) is 0.603. The molecule has 0 heterocycles. The molecule has 0 aromatic carbocycles. The fourth-order valence-corrected chi connectivity index (χ4v) is 0.603. The van der Waals surface area contributed by atoms with Gasteiger partial charge in [0.1, 0.15) is 0 Å². The van der Waals surface area contributed by atoms with Crippen LogP contribution in [0.15, 0.2) is 0 Å². The van der Waals surface area contributed by atoms with Crippen molar-refractivity contribution in [3.8, 4) is 0 Å². The number of hydrazine groups is 1. The Morgan fingerprint density at radius 2 is 1.89 bits per heavy atom. The predicted octanol–water partition coefficient (Wildman–Crippen LogP) is -0.0487. The molecule has 3 nitrogen and oxygen atoms in total. The van der Waals surface area contributed by atoms with Crippen molar-refractivity contribution >= 4 is 0 Å². The smallest absolute Gasteiger partial charge is 0.0598 e. The second-order valence-corrected chi connectivity index (χ2v) is 2.57. The quantitative estimate of drug-likeness (QED) is 0.418. The van der Waals surface area contributed by atoms with Crippen LogP contribution in [0, 0.1) is 0 Å². The molecule has 1 unspecified atom stereocenters. The highest BCUT2D eigenvalue weighted by molar-refractivity contribution is 4.62. The lowest BCUT2D eigenvalue weighted by Crippen LogP contribution is -2.45. The minimum atomic E-state index is 0.0602. The number of hydrogen-bond acceptors (Lipinski definition) is 3. The Morgan fingerprint density at radius 1 is 1.44 bits per heavy atom. The van der Waals surface area contributed by atoms with Gasteiger partial charge in [-0.3, -0.25) is 5.84 Å². The summed E-state index contributed by atoms with van der Waals surface area (Å²) in [4.78, 5) is 0. The van der Waals surface area contributed by atoms with E-state index in [1.807, 2.05) is 20.8 Å². The van der Waals surface area contributed by atoms with Gasteiger partial charge in [-0.1, -0.05) is 0 Å². The summed E-state index contributed by atoms with van der Waals surface area (Å²) >= 11 is 0. The third-order valence-electron chi connectivity index (χ3n) is 1.37. The van der Waals surface area contributed by atoms with Crippen LogP contribution in [0.5, 0.6) is 0 Å². The van der Waals surface area contributed by atoms with Gasteiger partial charge in [0, 0.05) is 12.1 Å². The van der Waals surface area contributed by atoms with Crippen molar-refractivity contribution in [3.05, 3.63) is 0 Å². The molecule has 0 aliphatic carbocycles. The van der Waals surface area contributed by atoms with E-state index in [-0.39, 0.29) is 12.6 Å². The Kier molecular flexibility index (Phi) is 3.77. The Morgan fingerprint density at radius 3 is 2.00 bits per heavy atom. The van der Waals surface area contributed by atoms with Gasteiger partial charge >= 0.3 is 0 Å². The molecule has 0 amide bonds. The van der Waals surface area contributed by atoms with E-state index < -0.39 is 0 Å². The van der Waals surface area contributed by atoms with Gasteiger partial charge in [0.2, 0.25) is 0 Å². The highest BCUT2D eigenvalue weighted by Crippen LogP contribution is 1.96. The van der Waals surface area contributed by atoms with Gasteiger partial charge in [-0.05, 0) is 20.8 Å². The summed E-state index contributed by atoms with van der Waals surface area (Å²) < 4.78 is 0. The summed E-state index contributed by atoms with van der Waals surface area (Å²) in [5.41, 5.74) is 0. The van der Waals surface area contributed by atoms with Gasteiger partial charge in [-0.15, -0.1) is 0 Å². The fraction of sp³-hybridized carbons (Fsp3) is 1.00. The molecule has 0 rings (SSSR count). The van der Waals surface area contributed by atoms with Gasteiger partial charge in [0.15, 0.2) is 0 Å². The number of aliphatic hydroxyl groups is 1. The molecule has 0 aliphatic heterocycles. The molecular weight excluding hydrogens is 116 g/mol. The van der Waals surface area contributed by atoms with Crippen molar-refractivity contribution < 1.29 is 5.11 Å². The van der Waals surface area contributed by atoms with E-state index >= 15 is 0 Å². The van der Waals surface area contributed by atoms with Crippen LogP contribution in [-0.4, -0.2) is 28.8 Å². The maximum absolute atomic E-state index is 8.63. The third kappa shape index (κ3) is 2.79. The lowest BCUT2D eigenvalue weighted by molar-refractivity contribution is 0.107. The van der Waals surface area contributed by atoms with Crippen LogP contribution in [0.1, 0.15) is 20.8 Å². The average Bonchev–Trinajstić information content (AvgIpc) is 1.84. The molecule has 9 heavy (non-hydrogen) atoms. The summed E-state index contributed by atoms with van der Waals surface area (Å²) in [5.74, 6) is 5.54. The van der Waals surface area contributed by atoms with Crippen LogP contribution in [0.2, 0.25) is 0 Å². The van der Waals surface area contributed by atoms with E-state index in [2.05, 4.69) is 0 Å². The monoisotopic (exact) mass is 132 g/mol. The van der Waals surface area contributed by atoms with Crippen molar-refractivity contribution in [2.45, 2.75) is 32.9 Å². The van der Waals surface area contributed by atoms with E-state index in [4.69, 9.17) is 10.9 Å². The Bertz CT molecular complexity index is 75.5. The largest absolute Gasteiger partial charge is 0.395 e. The van der Waals surface area contributed by atoms with E-state index in [1.54, 1.807) is 5.01 Å². The standard InChI is InChI=1S/C6H16N2O/c1-5(2)8(7)6(3)4-9/h5-6,9H,4,7H2,1-3H3. The second-order valence-electron chi connectivity index (χ2n) is 2.57. The Hall–Kier alpha value is -0.120. The summed E-state index contributed by atoms with van der Waals surface area (Å²) in [6.45, 7) is 5.99. The predicted molar refractivity (Wildman–Crippen MR) is 37.7 cm³/mol. The summed E-state index contributed by atoms with van der Waals surface area (Å²) in [7, 11) is 0. The Labute approximate surface area is 56.4 Å². The molecule has 56 valence electrons. The summed E-state index contributed by atoms with van der Waals surface area (Å²) in [5, 5.41) is 10.3. The minimum absolute atomic E-state index is 0.0602. The molecule has 0 saturated carbocycles. The molecular formula is C6H16N2O. The Balaban J connectivity index is 3.58. The highest BCUT2D eigenvalue weighted by atomic mass is 16.3. The van der Waals surface area contributed by atoms with Crippen LogP contribution in [0.3, 0.4) is 0 Å². The molecule has 0 saturated heterocycles. The van der Waals surface area contributed by atoms with Crippen LogP contribution in [-0.2, 0) is 0 Å². The molecule has 0 bridgehead atoms. The first kappa shape index (κ1) is 8.88. The topological polar surface area (TPSA) is 49.5 Å². The van der Waals surface area contributed by atoms with E-state index in [0.717, 1.165) is 0 Å². The normalized spacial score (nSPS) is 15.0. The van der Waals surface area contributed by atoms with Crippen molar-refractivity contribution in [1.82, 2.24) is 5.01 Å². The molecule has 0 aliphatic rings. The molecule has 3 heteroatoms. The van der Waals surface area contributed by atoms with E-state index in [0.29, 0.717) is 6.04 Å². The van der Waals surface area contributed by atoms with Crippen LogP contribution in [0.4, 0.5) is 0 Å². The maximum atomic E-state index is 8.63. The molecule has 1 atom stereocenters. The van der Waals surface area contributed by atoms with Crippen LogP contribution < -0.4 is 5.84 Å². The van der Waals surface area contributed by atoms with Gasteiger partial charge in [-0.25, -0.2) is 5.01 Å². The molecule has 0 radical (unpaired) electrons. The van der Waals surface area contributed by atoms with Crippen molar-refractivity contribution in [2.24, 2.45) is 5.84 Å². The molecule has 0 fully saturated rings. The highest BCUT2D eigenvalue weighted by Gasteiger charge is 2.10. The zero-order chi connectivity index (χ0) is 7.44. The first-order valence-electron chi connectivity index (χ1n) is 3.23. The number of hydrogen-bond donors (Lipinski definition) is 2. The van der Waals surface area contributed by atoms with Crippen molar-refractivity contribution in [2.75, 3.05) is 6.61 Å². The van der Waals surface area contributed by atoms with Crippen molar-refractivity contribution in [3.63, 3.8) is 0 Å². The van der Waals surface area contributed by atoms with Gasteiger partial charge < -0.3 is 5.11 Å². The van der Waals surface area contributed by atoms with Gasteiger partial charge in [0.05, 0.1) is 6.61 Å². The van der Waals surface area contributed by atoms with Gasteiger partial charge in [0.25, 0.3) is 0 Å². The zero-order valence-corrected chi connectivity index (χ0v) is 6.33.